The van der Waals surface area contributed by atoms with E-state index in [2.05, 4.69) is 0 Å². The lowest BCUT2D eigenvalue weighted by molar-refractivity contribution is 0.273. The molecule has 0 aliphatic rings. The molecule has 0 unspecified atom stereocenters. The van der Waals surface area contributed by atoms with E-state index in [0.29, 0.717) is 12.0 Å². The molecule has 0 aliphatic carbocycles. The highest BCUT2D eigenvalue weighted by atomic mass is 35.5. The summed E-state index contributed by atoms with van der Waals surface area (Å²) < 4.78 is 1.72. The molecule has 2 N–H and O–H groups in total. The minimum absolute atomic E-state index is 0. The second-order valence-electron chi connectivity index (χ2n) is 2.51. The van der Waals surface area contributed by atoms with E-state index in [1.54, 1.807) is 10.6 Å². The lowest BCUT2D eigenvalue weighted by atomic mass is 10.3. The summed E-state index contributed by atoms with van der Waals surface area (Å²) in [5.74, 6) is 0. The molecule has 4 heteroatoms. The van der Waals surface area contributed by atoms with Crippen molar-refractivity contribution in [3.8, 4) is 0 Å². The zero-order chi connectivity index (χ0) is 8.27. The van der Waals surface area contributed by atoms with E-state index >= 15 is 0 Å². The molecular weight excluding hydrogens is 176 g/mol. The van der Waals surface area contributed by atoms with Crippen LogP contribution in [0.2, 0.25) is 0 Å². The summed E-state index contributed by atoms with van der Waals surface area (Å²) >= 11 is 0. The van der Waals surface area contributed by atoms with Crippen molar-refractivity contribution in [2.45, 2.75) is 13.5 Å². The minimum Gasteiger partial charge on any atom is -0.395 e. The van der Waals surface area contributed by atoms with E-state index in [4.69, 9.17) is 10.5 Å². The highest BCUT2D eigenvalue weighted by molar-refractivity contribution is 5.85. The molecule has 1 aromatic rings. The van der Waals surface area contributed by atoms with Crippen LogP contribution in [-0.4, -0.2) is 16.3 Å². The van der Waals surface area contributed by atoms with Crippen molar-refractivity contribution in [3.05, 3.63) is 29.4 Å². The van der Waals surface area contributed by atoms with Crippen molar-refractivity contribution in [1.82, 2.24) is 4.57 Å². The molecule has 0 spiro atoms. The van der Waals surface area contributed by atoms with Crippen molar-refractivity contribution in [3.63, 3.8) is 0 Å². The Hall–Kier alpha value is -0.800. The van der Waals surface area contributed by atoms with Gasteiger partial charge >= 0.3 is 0 Å². The fourth-order valence-corrected chi connectivity index (χ4v) is 0.957. The monoisotopic (exact) mass is 188 g/mol. The van der Waals surface area contributed by atoms with Gasteiger partial charge in [-0.2, -0.15) is 0 Å². The third-order valence-electron chi connectivity index (χ3n) is 1.51. The van der Waals surface area contributed by atoms with Crippen LogP contribution in [0.25, 0.3) is 0 Å². The van der Waals surface area contributed by atoms with Crippen LogP contribution < -0.4 is 5.49 Å². The Morgan fingerprint density at radius 1 is 1.50 bits per heavy atom. The molecule has 0 radical (unpaired) electrons. The van der Waals surface area contributed by atoms with Gasteiger partial charge in [0.15, 0.2) is 0 Å². The van der Waals surface area contributed by atoms with Crippen molar-refractivity contribution in [1.29, 1.82) is 5.41 Å². The zero-order valence-corrected chi connectivity index (χ0v) is 7.77. The average Bonchev–Trinajstić information content (AvgIpc) is 1.98. The van der Waals surface area contributed by atoms with Crippen LogP contribution in [0.15, 0.2) is 18.3 Å². The smallest absolute Gasteiger partial charge is 0.124 e. The molecule has 0 saturated heterocycles. The van der Waals surface area contributed by atoms with Gasteiger partial charge in [0, 0.05) is 12.7 Å². The van der Waals surface area contributed by atoms with E-state index in [0.717, 1.165) is 5.56 Å². The molecule has 0 fully saturated rings. The van der Waals surface area contributed by atoms with E-state index in [1.807, 2.05) is 19.2 Å². The van der Waals surface area contributed by atoms with Gasteiger partial charge in [0.25, 0.3) is 0 Å². The molecular formula is C8H13ClN2O. The molecule has 12 heavy (non-hydrogen) atoms. The molecule has 1 heterocycles. The molecule has 0 aliphatic heterocycles. The number of hydrogen-bond donors (Lipinski definition) is 2. The van der Waals surface area contributed by atoms with Crippen LogP contribution >= 0.6 is 12.4 Å². The fourth-order valence-electron chi connectivity index (χ4n) is 0.957. The number of hydrogen-bond acceptors (Lipinski definition) is 2. The van der Waals surface area contributed by atoms with Gasteiger partial charge in [-0.3, -0.25) is 5.41 Å². The molecule has 0 aromatic carbocycles. The minimum atomic E-state index is 0. The summed E-state index contributed by atoms with van der Waals surface area (Å²) in [6, 6.07) is 3.61. The number of pyridine rings is 1. The summed E-state index contributed by atoms with van der Waals surface area (Å²) in [6.45, 7) is 2.55. The number of rotatable bonds is 2. The predicted octanol–water partition coefficient (Wildman–Crippen LogP) is 0.690. The molecule has 68 valence electrons. The van der Waals surface area contributed by atoms with Crippen LogP contribution in [0.4, 0.5) is 0 Å². The van der Waals surface area contributed by atoms with E-state index in [9.17, 15) is 0 Å². The van der Waals surface area contributed by atoms with Crippen molar-refractivity contribution in [2.24, 2.45) is 0 Å². The molecule has 0 amide bonds. The summed E-state index contributed by atoms with van der Waals surface area (Å²) in [5, 5.41) is 16.1. The van der Waals surface area contributed by atoms with Gasteiger partial charge in [0.2, 0.25) is 0 Å². The van der Waals surface area contributed by atoms with Crippen LogP contribution in [0.5, 0.6) is 0 Å². The Morgan fingerprint density at radius 2 is 2.17 bits per heavy atom. The molecule has 0 bridgehead atoms. The number of nitrogens with zero attached hydrogens (tertiary/aromatic N) is 1. The molecule has 0 atom stereocenters. The topological polar surface area (TPSA) is 49.0 Å². The summed E-state index contributed by atoms with van der Waals surface area (Å²) in [6.07, 6.45) is 1.86. The van der Waals surface area contributed by atoms with E-state index in [1.165, 1.54) is 0 Å². The Labute approximate surface area is 77.6 Å². The van der Waals surface area contributed by atoms with Gasteiger partial charge in [0.05, 0.1) is 6.61 Å². The highest BCUT2D eigenvalue weighted by Crippen LogP contribution is 1.90. The van der Waals surface area contributed by atoms with Gasteiger partial charge in [0.1, 0.15) is 5.49 Å². The number of aliphatic hydroxyl groups is 1. The standard InChI is InChI=1S/C8H12N2O.ClH/c1-7-2-3-8(9)10(6-7)4-5-11;/h2-3,6,9,11H,4-5H2,1H3;1H. The summed E-state index contributed by atoms with van der Waals surface area (Å²) in [5.41, 5.74) is 1.54. The molecule has 1 aromatic heterocycles. The van der Waals surface area contributed by atoms with Crippen molar-refractivity contribution >= 4 is 12.4 Å². The largest absolute Gasteiger partial charge is 0.395 e. The maximum absolute atomic E-state index is 8.63. The third-order valence-corrected chi connectivity index (χ3v) is 1.51. The van der Waals surface area contributed by atoms with Crippen molar-refractivity contribution < 1.29 is 5.11 Å². The average molecular weight is 189 g/mol. The first kappa shape index (κ1) is 11.2. The SMILES string of the molecule is Cc1ccc(=N)n(CCO)c1.Cl. The van der Waals surface area contributed by atoms with E-state index < -0.39 is 0 Å². The van der Waals surface area contributed by atoms with Crippen molar-refractivity contribution in [2.75, 3.05) is 6.61 Å². The number of aryl methyl sites for hydroxylation is 1. The lowest BCUT2D eigenvalue weighted by Gasteiger charge is -2.04. The number of aromatic nitrogens is 1. The van der Waals surface area contributed by atoms with Crippen LogP contribution in [0.1, 0.15) is 5.56 Å². The van der Waals surface area contributed by atoms with E-state index in [-0.39, 0.29) is 19.0 Å². The molecule has 0 saturated carbocycles. The normalized spacial score (nSPS) is 9.17. The second kappa shape index (κ2) is 4.95. The number of halogens is 1. The number of aliphatic hydroxyl groups excluding tert-OH is 1. The second-order valence-corrected chi connectivity index (χ2v) is 2.51. The van der Waals surface area contributed by atoms with Gasteiger partial charge in [-0.25, -0.2) is 0 Å². The first-order valence-electron chi connectivity index (χ1n) is 3.56. The molecule has 1 rings (SSSR count). The first-order chi connectivity index (χ1) is 5.24. The Balaban J connectivity index is 0.00000121. The summed E-state index contributed by atoms with van der Waals surface area (Å²) in [7, 11) is 0. The first-order valence-corrected chi connectivity index (χ1v) is 3.56. The van der Waals surface area contributed by atoms with Crippen LogP contribution in [0, 0.1) is 12.3 Å². The quantitative estimate of drug-likeness (QED) is 0.705. The summed E-state index contributed by atoms with van der Waals surface area (Å²) in [4.78, 5) is 0. The highest BCUT2D eigenvalue weighted by Gasteiger charge is 1.90. The molecule has 3 nitrogen and oxygen atoms in total. The predicted molar refractivity (Wildman–Crippen MR) is 49.4 cm³/mol. The Bertz CT molecular complexity index is 295. The van der Waals surface area contributed by atoms with Crippen LogP contribution in [0.3, 0.4) is 0 Å². The van der Waals surface area contributed by atoms with Crippen LogP contribution in [-0.2, 0) is 6.54 Å². The zero-order valence-electron chi connectivity index (χ0n) is 6.95. The number of nitrogens with one attached hydrogen (secondary N) is 1. The third kappa shape index (κ3) is 2.68. The van der Waals surface area contributed by atoms with Gasteiger partial charge < -0.3 is 9.67 Å². The lowest BCUT2D eigenvalue weighted by Crippen LogP contribution is -2.20. The fraction of sp³-hybridized carbons (Fsp3) is 0.375. The van der Waals surface area contributed by atoms with Gasteiger partial charge in [-0.05, 0) is 18.6 Å². The van der Waals surface area contributed by atoms with Gasteiger partial charge in [-0.1, -0.05) is 6.07 Å². The maximum atomic E-state index is 8.63. The Kier molecular flexibility index (Phi) is 4.62. The maximum Gasteiger partial charge on any atom is 0.124 e. The Morgan fingerprint density at radius 3 is 2.75 bits per heavy atom. The van der Waals surface area contributed by atoms with Gasteiger partial charge in [-0.15, -0.1) is 12.4 Å².